The van der Waals surface area contributed by atoms with Crippen molar-refractivity contribution in [1.82, 2.24) is 9.62 Å². The van der Waals surface area contributed by atoms with Gasteiger partial charge in [0.2, 0.25) is 5.91 Å². The number of nitrogens with zero attached hydrogens (tertiary/aromatic N) is 1. The molecule has 0 aliphatic carbocycles. The third kappa shape index (κ3) is 2.49. The van der Waals surface area contributed by atoms with Crippen LogP contribution in [-0.2, 0) is 14.8 Å². The first kappa shape index (κ1) is 13.6. The SMILES string of the molecule is CC[C@@H]1C(=O)NC=CN1S(=O)(=O)c1ccc(C)cc1. The first-order chi connectivity index (χ1) is 8.96. The van der Waals surface area contributed by atoms with Crippen molar-refractivity contribution in [3.8, 4) is 0 Å². The Hall–Kier alpha value is -1.82. The van der Waals surface area contributed by atoms with E-state index in [4.69, 9.17) is 0 Å². The fourth-order valence-corrected chi connectivity index (χ4v) is 3.48. The van der Waals surface area contributed by atoms with Crippen LogP contribution in [0.15, 0.2) is 41.6 Å². The molecule has 1 aliphatic rings. The minimum atomic E-state index is -3.69. The van der Waals surface area contributed by atoms with Crippen LogP contribution in [0.3, 0.4) is 0 Å². The van der Waals surface area contributed by atoms with E-state index in [2.05, 4.69) is 5.32 Å². The minimum absolute atomic E-state index is 0.191. The maximum atomic E-state index is 12.5. The standard InChI is InChI=1S/C13H16N2O3S/c1-3-12-13(16)14-8-9-15(12)19(17,18)11-6-4-10(2)5-7-11/h4-9,12H,3H2,1-2H3,(H,14,16)/t12-/m1/s1. The third-order valence-corrected chi connectivity index (χ3v) is 4.84. The highest BCUT2D eigenvalue weighted by atomic mass is 32.2. The van der Waals surface area contributed by atoms with E-state index in [1.54, 1.807) is 31.2 Å². The molecule has 0 radical (unpaired) electrons. The number of amides is 1. The van der Waals surface area contributed by atoms with Crippen molar-refractivity contribution >= 4 is 15.9 Å². The van der Waals surface area contributed by atoms with Crippen molar-refractivity contribution in [1.29, 1.82) is 0 Å². The van der Waals surface area contributed by atoms with Gasteiger partial charge in [0.25, 0.3) is 10.0 Å². The van der Waals surface area contributed by atoms with Crippen LogP contribution in [0, 0.1) is 6.92 Å². The minimum Gasteiger partial charge on any atom is -0.329 e. The molecule has 0 aromatic heterocycles. The maximum absolute atomic E-state index is 12.5. The monoisotopic (exact) mass is 280 g/mol. The Morgan fingerprint density at radius 1 is 1.26 bits per heavy atom. The smallest absolute Gasteiger partial charge is 0.264 e. The zero-order valence-electron chi connectivity index (χ0n) is 10.8. The largest absolute Gasteiger partial charge is 0.329 e. The van der Waals surface area contributed by atoms with E-state index in [0.717, 1.165) is 9.87 Å². The lowest BCUT2D eigenvalue weighted by molar-refractivity contribution is -0.124. The summed E-state index contributed by atoms with van der Waals surface area (Å²) in [6.45, 7) is 3.67. The topological polar surface area (TPSA) is 66.5 Å². The van der Waals surface area contributed by atoms with Gasteiger partial charge in [-0.25, -0.2) is 8.42 Å². The van der Waals surface area contributed by atoms with Crippen LogP contribution in [0.25, 0.3) is 0 Å². The van der Waals surface area contributed by atoms with E-state index in [-0.39, 0.29) is 10.8 Å². The van der Waals surface area contributed by atoms with E-state index < -0.39 is 16.1 Å². The lowest BCUT2D eigenvalue weighted by Crippen LogP contribution is -2.48. The lowest BCUT2D eigenvalue weighted by Gasteiger charge is -2.30. The molecule has 0 saturated heterocycles. The number of carbonyl (C=O) groups excluding carboxylic acids is 1. The Balaban J connectivity index is 2.43. The Kier molecular flexibility index (Phi) is 3.61. The summed E-state index contributed by atoms with van der Waals surface area (Å²) in [4.78, 5) is 11.9. The highest BCUT2D eigenvalue weighted by Gasteiger charge is 2.33. The van der Waals surface area contributed by atoms with Gasteiger partial charge in [0.15, 0.2) is 0 Å². The Morgan fingerprint density at radius 3 is 2.47 bits per heavy atom. The lowest BCUT2D eigenvalue weighted by atomic mass is 10.2. The molecule has 0 unspecified atom stereocenters. The van der Waals surface area contributed by atoms with Crippen LogP contribution < -0.4 is 5.32 Å². The van der Waals surface area contributed by atoms with Crippen molar-refractivity contribution in [3.63, 3.8) is 0 Å². The summed E-state index contributed by atoms with van der Waals surface area (Å²) in [5, 5.41) is 2.52. The average molecular weight is 280 g/mol. The zero-order valence-corrected chi connectivity index (χ0v) is 11.6. The van der Waals surface area contributed by atoms with Crippen molar-refractivity contribution in [2.45, 2.75) is 31.2 Å². The van der Waals surface area contributed by atoms with E-state index in [1.807, 2.05) is 6.92 Å². The molecule has 102 valence electrons. The molecule has 0 fully saturated rings. The normalized spacial score (nSPS) is 19.4. The zero-order chi connectivity index (χ0) is 14.0. The molecule has 1 aromatic rings. The molecule has 1 aliphatic heterocycles. The van der Waals surface area contributed by atoms with Crippen molar-refractivity contribution in [2.75, 3.05) is 0 Å². The van der Waals surface area contributed by atoms with E-state index in [0.29, 0.717) is 6.42 Å². The van der Waals surface area contributed by atoms with E-state index in [9.17, 15) is 13.2 Å². The molecular weight excluding hydrogens is 264 g/mol. The molecule has 1 N–H and O–H groups in total. The second-order valence-corrected chi connectivity index (χ2v) is 6.24. The summed E-state index contributed by atoms with van der Waals surface area (Å²) in [6, 6.07) is 5.88. The van der Waals surface area contributed by atoms with Crippen LogP contribution in [0.4, 0.5) is 0 Å². The molecule has 1 amide bonds. The average Bonchev–Trinajstić information content (AvgIpc) is 2.39. The second kappa shape index (κ2) is 5.05. The molecular formula is C13H16N2O3S. The number of hydrogen-bond donors (Lipinski definition) is 1. The number of carbonyl (C=O) groups is 1. The maximum Gasteiger partial charge on any atom is 0.264 e. The Morgan fingerprint density at radius 2 is 1.89 bits per heavy atom. The number of aryl methyl sites for hydroxylation is 1. The molecule has 0 bridgehead atoms. The van der Waals surface area contributed by atoms with Gasteiger partial charge in [0, 0.05) is 12.4 Å². The highest BCUT2D eigenvalue weighted by molar-refractivity contribution is 7.89. The van der Waals surface area contributed by atoms with Gasteiger partial charge < -0.3 is 5.32 Å². The van der Waals surface area contributed by atoms with Crippen LogP contribution in [0.1, 0.15) is 18.9 Å². The van der Waals surface area contributed by atoms with Gasteiger partial charge in [-0.1, -0.05) is 24.6 Å². The number of rotatable bonds is 3. The molecule has 1 atom stereocenters. The molecule has 1 aromatic carbocycles. The van der Waals surface area contributed by atoms with Gasteiger partial charge >= 0.3 is 0 Å². The van der Waals surface area contributed by atoms with Gasteiger partial charge in [-0.3, -0.25) is 9.10 Å². The molecule has 5 nitrogen and oxygen atoms in total. The summed E-state index contributed by atoms with van der Waals surface area (Å²) in [5.41, 5.74) is 0.984. The van der Waals surface area contributed by atoms with Gasteiger partial charge in [0.1, 0.15) is 6.04 Å². The number of sulfonamides is 1. The summed E-state index contributed by atoms with van der Waals surface area (Å²) in [5.74, 6) is -0.305. The summed E-state index contributed by atoms with van der Waals surface area (Å²) < 4.78 is 26.1. The van der Waals surface area contributed by atoms with Crippen molar-refractivity contribution < 1.29 is 13.2 Å². The number of hydrogen-bond acceptors (Lipinski definition) is 3. The number of benzene rings is 1. The summed E-state index contributed by atoms with van der Waals surface area (Å²) in [6.07, 6.45) is 3.16. The fourth-order valence-electron chi connectivity index (χ4n) is 1.95. The second-order valence-electron chi connectivity index (χ2n) is 4.40. The Bertz CT molecular complexity index is 605. The van der Waals surface area contributed by atoms with Gasteiger partial charge in [-0.05, 0) is 25.5 Å². The van der Waals surface area contributed by atoms with Crippen LogP contribution in [0.5, 0.6) is 0 Å². The van der Waals surface area contributed by atoms with Crippen molar-refractivity contribution in [3.05, 3.63) is 42.2 Å². The molecule has 6 heteroatoms. The first-order valence-corrected chi connectivity index (χ1v) is 7.48. The van der Waals surface area contributed by atoms with Gasteiger partial charge in [-0.2, -0.15) is 0 Å². The van der Waals surface area contributed by atoms with E-state index >= 15 is 0 Å². The molecule has 0 saturated carbocycles. The Labute approximate surface area is 113 Å². The summed E-state index contributed by atoms with van der Waals surface area (Å²) in [7, 11) is -3.69. The predicted octanol–water partition coefficient (Wildman–Crippen LogP) is 1.37. The van der Waals surface area contributed by atoms with E-state index in [1.165, 1.54) is 12.4 Å². The fraction of sp³-hybridized carbons (Fsp3) is 0.308. The molecule has 19 heavy (non-hydrogen) atoms. The van der Waals surface area contributed by atoms with Crippen LogP contribution in [-0.4, -0.2) is 24.7 Å². The van der Waals surface area contributed by atoms with Crippen molar-refractivity contribution in [2.24, 2.45) is 0 Å². The van der Waals surface area contributed by atoms with Gasteiger partial charge in [-0.15, -0.1) is 0 Å². The molecule has 2 rings (SSSR count). The highest BCUT2D eigenvalue weighted by Crippen LogP contribution is 2.22. The quantitative estimate of drug-likeness (QED) is 0.909. The number of nitrogens with one attached hydrogen (secondary N) is 1. The summed E-state index contributed by atoms with van der Waals surface area (Å²) >= 11 is 0. The first-order valence-electron chi connectivity index (χ1n) is 6.04. The predicted molar refractivity (Wildman–Crippen MR) is 71.6 cm³/mol. The molecule has 0 spiro atoms. The van der Waals surface area contributed by atoms with Gasteiger partial charge in [0.05, 0.1) is 4.90 Å². The third-order valence-electron chi connectivity index (χ3n) is 3.04. The van der Waals surface area contributed by atoms with Crippen LogP contribution in [0.2, 0.25) is 0 Å². The van der Waals surface area contributed by atoms with Crippen LogP contribution >= 0.6 is 0 Å². The molecule has 1 heterocycles.